The van der Waals surface area contributed by atoms with E-state index < -0.39 is 6.03 Å². The van der Waals surface area contributed by atoms with E-state index in [1.54, 1.807) is 19.3 Å². The lowest BCUT2D eigenvalue weighted by molar-refractivity contribution is 0.234. The van der Waals surface area contributed by atoms with Crippen molar-refractivity contribution >= 4 is 27.6 Å². The second-order valence-corrected chi connectivity index (χ2v) is 5.96. The normalized spacial score (nSPS) is 15.8. The minimum absolute atomic E-state index is 0.0315. The Morgan fingerprint density at radius 1 is 1.60 bits per heavy atom. The molecular formula is C13H18BrN3O3. The highest BCUT2D eigenvalue weighted by Crippen LogP contribution is 2.33. The molecule has 1 atom stereocenters. The first-order valence-corrected chi connectivity index (χ1v) is 7.35. The Labute approximate surface area is 125 Å². The molecule has 20 heavy (non-hydrogen) atoms. The number of amides is 2. The quantitative estimate of drug-likeness (QED) is 0.756. The zero-order valence-corrected chi connectivity index (χ0v) is 12.8. The molecule has 7 heteroatoms. The van der Waals surface area contributed by atoms with Gasteiger partial charge in [-0.1, -0.05) is 0 Å². The molecule has 0 aromatic carbocycles. The minimum atomic E-state index is -0.412. The number of aliphatic hydroxyl groups excluding tert-OH is 1. The van der Waals surface area contributed by atoms with Gasteiger partial charge in [-0.05, 0) is 47.2 Å². The van der Waals surface area contributed by atoms with Crippen LogP contribution in [0.5, 0.6) is 0 Å². The summed E-state index contributed by atoms with van der Waals surface area (Å²) < 4.78 is 2.11. The molecule has 0 spiro atoms. The summed E-state index contributed by atoms with van der Waals surface area (Å²) >= 11 is 3.28. The van der Waals surface area contributed by atoms with Gasteiger partial charge in [0.1, 0.15) is 5.69 Å². The average molecular weight is 344 g/mol. The van der Waals surface area contributed by atoms with Crippen LogP contribution in [0.4, 0.5) is 10.5 Å². The smallest absolute Gasteiger partial charge is 0.319 e. The van der Waals surface area contributed by atoms with Gasteiger partial charge in [0.05, 0.1) is 0 Å². The van der Waals surface area contributed by atoms with Crippen molar-refractivity contribution in [3.63, 3.8) is 0 Å². The summed E-state index contributed by atoms with van der Waals surface area (Å²) in [5.41, 5.74) is -0.0496. The number of anilines is 1. The van der Waals surface area contributed by atoms with E-state index in [2.05, 4.69) is 26.6 Å². The highest BCUT2D eigenvalue weighted by molar-refractivity contribution is 9.10. The molecule has 0 bridgehead atoms. The van der Waals surface area contributed by atoms with Gasteiger partial charge in [0.25, 0.3) is 5.56 Å². The predicted octanol–water partition coefficient (Wildman–Crippen LogP) is 1.43. The van der Waals surface area contributed by atoms with Crippen molar-refractivity contribution in [3.8, 4) is 0 Å². The maximum absolute atomic E-state index is 11.9. The third kappa shape index (κ3) is 3.83. The van der Waals surface area contributed by atoms with Crippen LogP contribution >= 0.6 is 15.9 Å². The molecule has 1 aliphatic rings. The third-order valence-electron chi connectivity index (χ3n) is 3.35. The Kier molecular flexibility index (Phi) is 4.82. The van der Waals surface area contributed by atoms with E-state index in [-0.39, 0.29) is 23.9 Å². The largest absolute Gasteiger partial charge is 0.396 e. The summed E-state index contributed by atoms with van der Waals surface area (Å²) in [5.74, 6) is 0.443. The first kappa shape index (κ1) is 15.1. The van der Waals surface area contributed by atoms with Crippen molar-refractivity contribution in [2.75, 3.05) is 11.9 Å². The lowest BCUT2D eigenvalue weighted by Gasteiger charge is -2.17. The van der Waals surface area contributed by atoms with E-state index in [1.165, 1.54) is 4.57 Å². The van der Waals surface area contributed by atoms with Crippen LogP contribution in [-0.2, 0) is 7.05 Å². The molecule has 1 aliphatic carbocycles. The maximum atomic E-state index is 11.9. The Balaban J connectivity index is 2.02. The highest BCUT2D eigenvalue weighted by atomic mass is 79.9. The standard InChI is InChI=1S/C13H18BrN3O3/c1-17-7-9(14)6-11(12(17)19)16-13(20)15-10(4-5-18)8-2-3-8/h6-8,10,18H,2-5H2,1H3,(H2,15,16,20)/t10-/m0/s1. The van der Waals surface area contributed by atoms with Crippen LogP contribution in [-0.4, -0.2) is 28.4 Å². The zero-order valence-electron chi connectivity index (χ0n) is 11.2. The van der Waals surface area contributed by atoms with Crippen LogP contribution in [0.3, 0.4) is 0 Å². The van der Waals surface area contributed by atoms with Crippen LogP contribution in [0.1, 0.15) is 19.3 Å². The first-order chi connectivity index (χ1) is 9.51. The number of nitrogens with zero attached hydrogens (tertiary/aromatic N) is 1. The Morgan fingerprint density at radius 2 is 2.30 bits per heavy atom. The molecule has 0 radical (unpaired) electrons. The first-order valence-electron chi connectivity index (χ1n) is 6.56. The number of urea groups is 1. The SMILES string of the molecule is Cn1cc(Br)cc(NC(=O)N[C@@H](CCO)C2CC2)c1=O. The summed E-state index contributed by atoms with van der Waals surface area (Å²) in [7, 11) is 1.62. The molecule has 110 valence electrons. The van der Waals surface area contributed by atoms with Crippen molar-refractivity contribution in [2.45, 2.75) is 25.3 Å². The number of carbonyl (C=O) groups is 1. The number of pyridine rings is 1. The fourth-order valence-electron chi connectivity index (χ4n) is 2.15. The second-order valence-electron chi connectivity index (χ2n) is 5.04. The molecular weight excluding hydrogens is 326 g/mol. The molecule has 1 fully saturated rings. The Morgan fingerprint density at radius 3 is 2.90 bits per heavy atom. The lowest BCUT2D eigenvalue weighted by atomic mass is 10.1. The second kappa shape index (κ2) is 6.41. The summed E-state index contributed by atoms with van der Waals surface area (Å²) in [6.07, 6.45) is 4.31. The van der Waals surface area contributed by atoms with E-state index in [0.29, 0.717) is 16.8 Å². The molecule has 6 nitrogen and oxygen atoms in total. The molecule has 3 N–H and O–H groups in total. The van der Waals surface area contributed by atoms with Gasteiger partial charge >= 0.3 is 6.03 Å². The number of aromatic nitrogens is 1. The molecule has 0 unspecified atom stereocenters. The van der Waals surface area contributed by atoms with Gasteiger partial charge in [-0.25, -0.2) is 4.79 Å². The van der Waals surface area contributed by atoms with Crippen LogP contribution < -0.4 is 16.2 Å². The molecule has 0 saturated heterocycles. The van der Waals surface area contributed by atoms with Crippen molar-refractivity contribution in [2.24, 2.45) is 13.0 Å². The number of carbonyl (C=O) groups excluding carboxylic acids is 1. The topological polar surface area (TPSA) is 83.4 Å². The molecule has 1 aromatic rings. The monoisotopic (exact) mass is 343 g/mol. The van der Waals surface area contributed by atoms with E-state index >= 15 is 0 Å². The fourth-order valence-corrected chi connectivity index (χ4v) is 2.69. The maximum Gasteiger partial charge on any atom is 0.319 e. The summed E-state index contributed by atoms with van der Waals surface area (Å²) in [6, 6.07) is 1.13. The van der Waals surface area contributed by atoms with Gasteiger partial charge < -0.3 is 20.3 Å². The number of hydrogen-bond acceptors (Lipinski definition) is 3. The Hall–Kier alpha value is -1.34. The molecule has 2 rings (SSSR count). The van der Waals surface area contributed by atoms with Crippen molar-refractivity contribution in [3.05, 3.63) is 27.1 Å². The van der Waals surface area contributed by atoms with E-state index in [0.717, 1.165) is 12.8 Å². The number of halogens is 1. The van der Waals surface area contributed by atoms with Gasteiger partial charge in [-0.3, -0.25) is 4.79 Å². The van der Waals surface area contributed by atoms with E-state index in [4.69, 9.17) is 5.11 Å². The van der Waals surface area contributed by atoms with Gasteiger partial charge in [-0.2, -0.15) is 0 Å². The Bertz CT molecular complexity index is 554. The molecule has 1 aromatic heterocycles. The zero-order chi connectivity index (χ0) is 14.7. The summed E-state index contributed by atoms with van der Waals surface area (Å²) in [6.45, 7) is 0.0418. The van der Waals surface area contributed by atoms with E-state index in [9.17, 15) is 9.59 Å². The van der Waals surface area contributed by atoms with Crippen LogP contribution in [0.15, 0.2) is 21.5 Å². The average Bonchev–Trinajstić information content (AvgIpc) is 3.19. The van der Waals surface area contributed by atoms with Crippen molar-refractivity contribution in [1.82, 2.24) is 9.88 Å². The lowest BCUT2D eigenvalue weighted by Crippen LogP contribution is -2.41. The van der Waals surface area contributed by atoms with E-state index in [1.807, 2.05) is 0 Å². The number of rotatable bonds is 5. The molecule has 0 aliphatic heterocycles. The van der Waals surface area contributed by atoms with Crippen LogP contribution in [0.25, 0.3) is 0 Å². The molecule has 2 amide bonds. The number of aryl methyl sites for hydroxylation is 1. The highest BCUT2D eigenvalue weighted by Gasteiger charge is 2.31. The minimum Gasteiger partial charge on any atom is -0.396 e. The molecule has 1 saturated carbocycles. The van der Waals surface area contributed by atoms with Gasteiger partial charge in [0.2, 0.25) is 0 Å². The summed E-state index contributed by atoms with van der Waals surface area (Å²) in [5, 5.41) is 14.4. The summed E-state index contributed by atoms with van der Waals surface area (Å²) in [4.78, 5) is 23.8. The number of aliphatic hydroxyl groups is 1. The number of hydrogen-bond donors (Lipinski definition) is 3. The van der Waals surface area contributed by atoms with Crippen LogP contribution in [0.2, 0.25) is 0 Å². The van der Waals surface area contributed by atoms with Crippen molar-refractivity contribution in [1.29, 1.82) is 0 Å². The third-order valence-corrected chi connectivity index (χ3v) is 3.78. The predicted molar refractivity (Wildman–Crippen MR) is 79.8 cm³/mol. The van der Waals surface area contributed by atoms with Crippen LogP contribution in [0, 0.1) is 5.92 Å². The van der Waals surface area contributed by atoms with Gasteiger partial charge in [0.15, 0.2) is 0 Å². The fraction of sp³-hybridized carbons (Fsp3) is 0.538. The number of nitrogens with one attached hydrogen (secondary N) is 2. The van der Waals surface area contributed by atoms with Gasteiger partial charge in [-0.15, -0.1) is 0 Å². The molecule has 1 heterocycles. The van der Waals surface area contributed by atoms with Gasteiger partial charge in [0, 0.05) is 30.4 Å². The van der Waals surface area contributed by atoms with Crippen molar-refractivity contribution < 1.29 is 9.90 Å².